The summed E-state index contributed by atoms with van der Waals surface area (Å²) in [5, 5.41) is 0. The molecule has 0 aromatic rings. The Hall–Kier alpha value is 0. The highest BCUT2D eigenvalue weighted by molar-refractivity contribution is 5.34. The zero-order valence-electron chi connectivity index (χ0n) is 11.9. The third-order valence-corrected chi connectivity index (χ3v) is 9.20. The molecule has 18 heavy (non-hydrogen) atoms. The van der Waals surface area contributed by atoms with Crippen LogP contribution in [-0.2, 0) is 0 Å². The summed E-state index contributed by atoms with van der Waals surface area (Å²) in [4.78, 5) is 0. The summed E-state index contributed by atoms with van der Waals surface area (Å²) in [6.45, 7) is 5.17. The molecule has 0 N–H and O–H groups in total. The predicted molar refractivity (Wildman–Crippen MR) is 71.8 cm³/mol. The molecule has 98 valence electrons. The zero-order valence-corrected chi connectivity index (χ0v) is 11.9. The van der Waals surface area contributed by atoms with Crippen LogP contribution in [0.2, 0.25) is 0 Å². The molecule has 0 heteroatoms. The van der Waals surface area contributed by atoms with Crippen LogP contribution in [-0.4, -0.2) is 0 Å². The fraction of sp³-hybridized carbons (Fsp3) is 1.00. The average molecular weight is 242 g/mol. The number of hydrogen-bond donors (Lipinski definition) is 0. The van der Waals surface area contributed by atoms with E-state index < -0.39 is 0 Å². The van der Waals surface area contributed by atoms with Crippen molar-refractivity contribution < 1.29 is 0 Å². The quantitative estimate of drug-likeness (QED) is 0.641. The summed E-state index contributed by atoms with van der Waals surface area (Å²) in [6, 6.07) is 0. The molecular formula is C18H26. The van der Waals surface area contributed by atoms with Gasteiger partial charge < -0.3 is 0 Å². The first-order valence-electron chi connectivity index (χ1n) is 8.74. The van der Waals surface area contributed by atoms with E-state index in [0.29, 0.717) is 0 Å². The minimum Gasteiger partial charge on any atom is -0.0651 e. The van der Waals surface area contributed by atoms with Crippen LogP contribution in [0.15, 0.2) is 0 Å². The molecule has 0 aliphatic heterocycles. The van der Waals surface area contributed by atoms with E-state index >= 15 is 0 Å². The van der Waals surface area contributed by atoms with Gasteiger partial charge in [0.15, 0.2) is 0 Å². The topological polar surface area (TPSA) is 0 Å². The van der Waals surface area contributed by atoms with E-state index in [1.807, 2.05) is 0 Å². The summed E-state index contributed by atoms with van der Waals surface area (Å²) in [5.41, 5.74) is 1.77. The first-order valence-corrected chi connectivity index (χ1v) is 8.74. The predicted octanol–water partition coefficient (Wildman–Crippen LogP) is 4.35. The molecule has 0 nitrogen and oxygen atoms in total. The van der Waals surface area contributed by atoms with Crippen molar-refractivity contribution in [3.8, 4) is 0 Å². The van der Waals surface area contributed by atoms with Gasteiger partial charge >= 0.3 is 0 Å². The summed E-state index contributed by atoms with van der Waals surface area (Å²) in [6.07, 6.45) is 9.77. The molecule has 6 saturated carbocycles. The Balaban J connectivity index is 1.53. The molecule has 10 unspecified atom stereocenters. The van der Waals surface area contributed by atoms with Crippen molar-refractivity contribution in [1.29, 1.82) is 0 Å². The Kier molecular flexibility index (Phi) is 1.35. The van der Waals surface area contributed by atoms with Crippen molar-refractivity contribution in [1.82, 2.24) is 0 Å². The minimum absolute atomic E-state index is 0.886. The summed E-state index contributed by atoms with van der Waals surface area (Å²) in [5.74, 6) is 9.46. The Labute approximate surface area is 111 Å². The third-order valence-electron chi connectivity index (χ3n) is 9.20. The summed E-state index contributed by atoms with van der Waals surface area (Å²) in [7, 11) is 0. The van der Waals surface area contributed by atoms with Gasteiger partial charge in [-0.05, 0) is 90.3 Å². The van der Waals surface area contributed by atoms with Crippen LogP contribution < -0.4 is 0 Å². The van der Waals surface area contributed by atoms with Gasteiger partial charge in [-0.2, -0.15) is 0 Å². The van der Waals surface area contributed by atoms with Gasteiger partial charge in [-0.3, -0.25) is 0 Å². The molecule has 0 aromatic heterocycles. The third kappa shape index (κ3) is 0.714. The van der Waals surface area contributed by atoms with Gasteiger partial charge in [0, 0.05) is 0 Å². The van der Waals surface area contributed by atoms with E-state index in [-0.39, 0.29) is 0 Å². The molecule has 0 radical (unpaired) electrons. The second-order valence-corrected chi connectivity index (χ2v) is 9.06. The lowest BCUT2D eigenvalue weighted by Crippen LogP contribution is -2.55. The van der Waals surface area contributed by atoms with Gasteiger partial charge in [-0.15, -0.1) is 0 Å². The molecule has 0 bridgehead atoms. The molecule has 0 amide bonds. The van der Waals surface area contributed by atoms with Crippen molar-refractivity contribution >= 4 is 0 Å². The van der Waals surface area contributed by atoms with Gasteiger partial charge in [0.25, 0.3) is 0 Å². The van der Waals surface area contributed by atoms with E-state index in [2.05, 4.69) is 13.8 Å². The molecule has 2 spiro atoms. The van der Waals surface area contributed by atoms with Gasteiger partial charge in [0.2, 0.25) is 0 Å². The largest absolute Gasteiger partial charge is 0.0651 e. The maximum Gasteiger partial charge on any atom is -0.0171 e. The lowest BCUT2D eigenvalue weighted by atomic mass is 9.44. The normalized spacial score (nSPS) is 77.0. The average Bonchev–Trinajstić information content (AvgIpc) is 3.26. The second-order valence-electron chi connectivity index (χ2n) is 9.06. The van der Waals surface area contributed by atoms with Gasteiger partial charge in [0.05, 0.1) is 0 Å². The molecule has 6 fully saturated rings. The molecule has 6 rings (SSSR count). The summed E-state index contributed by atoms with van der Waals surface area (Å²) >= 11 is 0. The first kappa shape index (κ1) is 9.83. The van der Waals surface area contributed by atoms with Gasteiger partial charge in [0.1, 0.15) is 0 Å². The maximum absolute atomic E-state index is 2.65. The van der Waals surface area contributed by atoms with Crippen molar-refractivity contribution in [2.45, 2.75) is 52.4 Å². The summed E-state index contributed by atoms with van der Waals surface area (Å²) < 4.78 is 0. The Morgan fingerprint density at radius 1 is 0.889 bits per heavy atom. The van der Waals surface area contributed by atoms with Crippen LogP contribution in [0.3, 0.4) is 0 Å². The fourth-order valence-corrected chi connectivity index (χ4v) is 8.73. The van der Waals surface area contributed by atoms with E-state index in [1.165, 1.54) is 41.9 Å². The molecule has 0 aromatic carbocycles. The van der Waals surface area contributed by atoms with Crippen LogP contribution in [0.25, 0.3) is 0 Å². The van der Waals surface area contributed by atoms with E-state index in [0.717, 1.165) is 22.7 Å². The van der Waals surface area contributed by atoms with Crippen molar-refractivity contribution in [3.05, 3.63) is 0 Å². The van der Waals surface area contributed by atoms with E-state index in [4.69, 9.17) is 0 Å². The van der Waals surface area contributed by atoms with Gasteiger partial charge in [-0.1, -0.05) is 20.3 Å². The molecule has 6 aliphatic carbocycles. The second kappa shape index (κ2) is 2.47. The molecule has 0 saturated heterocycles. The van der Waals surface area contributed by atoms with Crippen molar-refractivity contribution in [2.75, 3.05) is 0 Å². The Morgan fingerprint density at radius 2 is 1.72 bits per heavy atom. The zero-order chi connectivity index (χ0) is 11.9. The highest BCUT2D eigenvalue weighted by atomic mass is 14.9. The van der Waals surface area contributed by atoms with Crippen LogP contribution in [0.4, 0.5) is 0 Å². The maximum atomic E-state index is 2.65. The van der Waals surface area contributed by atoms with Crippen LogP contribution in [0, 0.1) is 58.2 Å². The monoisotopic (exact) mass is 242 g/mol. The van der Waals surface area contributed by atoms with Crippen molar-refractivity contribution in [2.24, 2.45) is 58.2 Å². The number of rotatable bonds is 1. The fourth-order valence-electron chi connectivity index (χ4n) is 8.73. The highest BCUT2D eigenvalue weighted by Crippen LogP contribution is 2.92. The standard InChI is InChI=1S/C18H26/c1-3-14-13-4-10(13)7-18(14)15-5-11(15)8-17(18)9(2)12-6-16(12)17/h9-16H,3-8H2,1-2H3. The lowest BCUT2D eigenvalue weighted by Gasteiger charge is -2.60. The SMILES string of the molecule is CCC1C2CC2CC12C1CC1CC21C(C)C2CC21. The Bertz CT molecular complexity index is 453. The van der Waals surface area contributed by atoms with Crippen LogP contribution >= 0.6 is 0 Å². The minimum atomic E-state index is 0.886. The number of fused-ring (bicyclic) bond motifs is 6. The van der Waals surface area contributed by atoms with Crippen molar-refractivity contribution in [3.63, 3.8) is 0 Å². The molecule has 0 heterocycles. The molecular weight excluding hydrogens is 216 g/mol. The van der Waals surface area contributed by atoms with Crippen LogP contribution in [0.1, 0.15) is 52.4 Å². The van der Waals surface area contributed by atoms with Gasteiger partial charge in [-0.25, -0.2) is 0 Å². The lowest BCUT2D eigenvalue weighted by molar-refractivity contribution is -0.131. The molecule has 10 atom stereocenters. The van der Waals surface area contributed by atoms with E-state index in [9.17, 15) is 0 Å². The van der Waals surface area contributed by atoms with E-state index in [1.54, 1.807) is 32.1 Å². The highest BCUT2D eigenvalue weighted by Gasteiger charge is 2.86. The number of hydrogen-bond acceptors (Lipinski definition) is 0. The van der Waals surface area contributed by atoms with Crippen LogP contribution in [0.5, 0.6) is 0 Å². The first-order chi connectivity index (χ1) is 8.74. The smallest absolute Gasteiger partial charge is 0.0171 e. The molecule has 6 aliphatic rings. The Morgan fingerprint density at radius 3 is 2.44 bits per heavy atom.